The van der Waals surface area contributed by atoms with Crippen molar-refractivity contribution in [2.75, 3.05) is 5.32 Å². The first-order chi connectivity index (χ1) is 7.02. The fraction of sp³-hybridized carbons (Fsp3) is 0.200. The van der Waals surface area contributed by atoms with Crippen LogP contribution in [0.25, 0.3) is 0 Å². The van der Waals surface area contributed by atoms with Gasteiger partial charge in [-0.1, -0.05) is 12.1 Å². The molecule has 0 spiro atoms. The third-order valence-electron chi connectivity index (χ3n) is 1.90. The summed E-state index contributed by atoms with van der Waals surface area (Å²) in [6, 6.07) is 7.02. The van der Waals surface area contributed by atoms with Crippen molar-refractivity contribution in [3.63, 3.8) is 0 Å². The van der Waals surface area contributed by atoms with E-state index in [9.17, 15) is 9.59 Å². The Balaban J connectivity index is 2.75. The smallest absolute Gasteiger partial charge is 0.315 e. The van der Waals surface area contributed by atoms with Gasteiger partial charge in [0.15, 0.2) is 0 Å². The zero-order valence-corrected chi connectivity index (χ0v) is 9.61. The summed E-state index contributed by atoms with van der Waals surface area (Å²) in [5, 5.41) is 11.2. The SMILES string of the molecule is CC(C(=O)O)C(=O)Nc1ccccc1Br. The predicted octanol–water partition coefficient (Wildman–Crippen LogP) is 2.11. The molecule has 0 aliphatic carbocycles. The molecule has 1 amide bonds. The van der Waals surface area contributed by atoms with Gasteiger partial charge in [0, 0.05) is 4.47 Å². The van der Waals surface area contributed by atoms with E-state index in [4.69, 9.17) is 5.11 Å². The molecule has 0 bridgehead atoms. The number of carboxylic acid groups (broad SMARTS) is 1. The molecule has 1 aromatic carbocycles. The zero-order chi connectivity index (χ0) is 11.4. The summed E-state index contributed by atoms with van der Waals surface area (Å²) in [6.07, 6.45) is 0. The summed E-state index contributed by atoms with van der Waals surface area (Å²) in [6.45, 7) is 1.34. The van der Waals surface area contributed by atoms with Crippen molar-refractivity contribution in [2.45, 2.75) is 6.92 Å². The van der Waals surface area contributed by atoms with E-state index < -0.39 is 17.8 Å². The molecule has 4 nitrogen and oxygen atoms in total. The van der Waals surface area contributed by atoms with Crippen LogP contribution in [0.5, 0.6) is 0 Å². The van der Waals surface area contributed by atoms with Gasteiger partial charge in [-0.25, -0.2) is 0 Å². The highest BCUT2D eigenvalue weighted by Gasteiger charge is 2.20. The van der Waals surface area contributed by atoms with Gasteiger partial charge in [0.2, 0.25) is 5.91 Å². The Kier molecular flexibility index (Phi) is 3.85. The molecule has 0 aliphatic rings. The van der Waals surface area contributed by atoms with Crippen LogP contribution in [0.15, 0.2) is 28.7 Å². The van der Waals surface area contributed by atoms with E-state index in [0.717, 1.165) is 4.47 Å². The molecule has 0 radical (unpaired) electrons. The Morgan fingerprint density at radius 2 is 2.00 bits per heavy atom. The summed E-state index contributed by atoms with van der Waals surface area (Å²) in [5.41, 5.74) is 0.565. The number of hydrogen-bond acceptors (Lipinski definition) is 2. The first-order valence-corrected chi connectivity index (χ1v) is 5.10. The standard InChI is InChI=1S/C10H10BrNO3/c1-6(10(14)15)9(13)12-8-5-3-2-4-7(8)11/h2-6H,1H3,(H,12,13)(H,14,15). The number of carbonyl (C=O) groups is 2. The number of hydrogen-bond donors (Lipinski definition) is 2. The Bertz CT molecular complexity index is 392. The van der Waals surface area contributed by atoms with E-state index in [-0.39, 0.29) is 0 Å². The zero-order valence-electron chi connectivity index (χ0n) is 8.03. The first kappa shape index (κ1) is 11.7. The minimum Gasteiger partial charge on any atom is -0.481 e. The Hall–Kier alpha value is -1.36. The van der Waals surface area contributed by atoms with Crippen LogP contribution in [0.4, 0.5) is 5.69 Å². The van der Waals surface area contributed by atoms with E-state index in [1.807, 2.05) is 0 Å². The number of carbonyl (C=O) groups excluding carboxylic acids is 1. The third-order valence-corrected chi connectivity index (χ3v) is 2.59. The second kappa shape index (κ2) is 4.93. The van der Waals surface area contributed by atoms with E-state index in [0.29, 0.717) is 5.69 Å². The van der Waals surface area contributed by atoms with Gasteiger partial charge in [-0.15, -0.1) is 0 Å². The minimum atomic E-state index is -1.14. The Morgan fingerprint density at radius 1 is 1.40 bits per heavy atom. The van der Waals surface area contributed by atoms with Gasteiger partial charge in [-0.3, -0.25) is 9.59 Å². The van der Waals surface area contributed by atoms with Crippen LogP contribution in [0, 0.1) is 5.92 Å². The van der Waals surface area contributed by atoms with Crippen LogP contribution in [0.2, 0.25) is 0 Å². The maximum atomic E-state index is 11.4. The molecule has 15 heavy (non-hydrogen) atoms. The molecule has 5 heteroatoms. The maximum Gasteiger partial charge on any atom is 0.315 e. The van der Waals surface area contributed by atoms with E-state index in [1.165, 1.54) is 6.92 Å². The van der Waals surface area contributed by atoms with Gasteiger partial charge in [0.1, 0.15) is 5.92 Å². The van der Waals surface area contributed by atoms with Crippen molar-refractivity contribution < 1.29 is 14.7 Å². The molecular weight excluding hydrogens is 262 g/mol. The number of carboxylic acids is 1. The van der Waals surface area contributed by atoms with Gasteiger partial charge in [0.05, 0.1) is 5.69 Å². The van der Waals surface area contributed by atoms with Gasteiger partial charge in [-0.2, -0.15) is 0 Å². The fourth-order valence-electron chi connectivity index (χ4n) is 0.916. The highest BCUT2D eigenvalue weighted by molar-refractivity contribution is 9.10. The average molecular weight is 272 g/mol. The first-order valence-electron chi connectivity index (χ1n) is 4.30. The number of amides is 1. The minimum absolute atomic E-state index is 0.533. The molecule has 1 unspecified atom stereocenters. The Labute approximate surface area is 95.4 Å². The molecule has 1 atom stereocenters. The van der Waals surface area contributed by atoms with Crippen LogP contribution in [-0.4, -0.2) is 17.0 Å². The molecule has 1 aromatic rings. The van der Waals surface area contributed by atoms with Crippen molar-refractivity contribution in [1.29, 1.82) is 0 Å². The lowest BCUT2D eigenvalue weighted by Crippen LogP contribution is -2.26. The summed E-state index contributed by atoms with van der Waals surface area (Å²) >= 11 is 3.25. The van der Waals surface area contributed by atoms with Gasteiger partial charge in [0.25, 0.3) is 0 Å². The van der Waals surface area contributed by atoms with Crippen molar-refractivity contribution >= 4 is 33.5 Å². The second-order valence-corrected chi connectivity index (χ2v) is 3.88. The quantitative estimate of drug-likeness (QED) is 0.828. The summed E-state index contributed by atoms with van der Waals surface area (Å²) in [7, 11) is 0. The van der Waals surface area contributed by atoms with E-state index in [2.05, 4.69) is 21.2 Å². The lowest BCUT2D eigenvalue weighted by molar-refractivity contribution is -0.144. The van der Waals surface area contributed by atoms with Crippen LogP contribution < -0.4 is 5.32 Å². The molecule has 0 aromatic heterocycles. The van der Waals surface area contributed by atoms with Crippen LogP contribution in [-0.2, 0) is 9.59 Å². The summed E-state index contributed by atoms with van der Waals surface area (Å²) in [5.74, 6) is -2.73. The average Bonchev–Trinajstić information content (AvgIpc) is 2.20. The van der Waals surface area contributed by atoms with Gasteiger partial charge < -0.3 is 10.4 Å². The van der Waals surface area contributed by atoms with Crippen molar-refractivity contribution in [1.82, 2.24) is 0 Å². The maximum absolute atomic E-state index is 11.4. The number of para-hydroxylation sites is 1. The third kappa shape index (κ3) is 3.06. The number of aliphatic carboxylic acids is 1. The topological polar surface area (TPSA) is 66.4 Å². The number of anilines is 1. The highest BCUT2D eigenvalue weighted by Crippen LogP contribution is 2.21. The number of rotatable bonds is 3. The molecule has 0 fully saturated rings. The lowest BCUT2D eigenvalue weighted by atomic mass is 10.1. The van der Waals surface area contributed by atoms with Crippen molar-refractivity contribution in [2.24, 2.45) is 5.92 Å². The molecule has 1 rings (SSSR count). The number of nitrogens with one attached hydrogen (secondary N) is 1. The van der Waals surface area contributed by atoms with Crippen molar-refractivity contribution in [3.05, 3.63) is 28.7 Å². The molecule has 0 saturated carbocycles. The summed E-state index contributed by atoms with van der Waals surface area (Å²) in [4.78, 5) is 21.9. The largest absolute Gasteiger partial charge is 0.481 e. The van der Waals surface area contributed by atoms with Crippen LogP contribution in [0.3, 0.4) is 0 Å². The molecule has 0 saturated heterocycles. The molecule has 2 N–H and O–H groups in total. The second-order valence-electron chi connectivity index (χ2n) is 3.03. The number of benzene rings is 1. The normalized spacial score (nSPS) is 11.9. The van der Waals surface area contributed by atoms with Crippen molar-refractivity contribution in [3.8, 4) is 0 Å². The molecule has 0 heterocycles. The predicted molar refractivity (Wildman–Crippen MR) is 59.6 cm³/mol. The van der Waals surface area contributed by atoms with Crippen LogP contribution in [0.1, 0.15) is 6.92 Å². The molecule has 80 valence electrons. The van der Waals surface area contributed by atoms with E-state index in [1.54, 1.807) is 24.3 Å². The molecule has 0 aliphatic heterocycles. The van der Waals surface area contributed by atoms with Gasteiger partial charge in [-0.05, 0) is 35.0 Å². The highest BCUT2D eigenvalue weighted by atomic mass is 79.9. The fourth-order valence-corrected chi connectivity index (χ4v) is 1.30. The van der Waals surface area contributed by atoms with E-state index >= 15 is 0 Å². The van der Waals surface area contributed by atoms with Crippen LogP contribution >= 0.6 is 15.9 Å². The molecular formula is C10H10BrNO3. The van der Waals surface area contributed by atoms with Gasteiger partial charge >= 0.3 is 5.97 Å². The summed E-state index contributed by atoms with van der Waals surface area (Å²) < 4.78 is 0.718. The monoisotopic (exact) mass is 271 g/mol. The number of halogens is 1. The Morgan fingerprint density at radius 3 is 2.53 bits per heavy atom. The lowest BCUT2D eigenvalue weighted by Gasteiger charge is -2.09.